The fourth-order valence-electron chi connectivity index (χ4n) is 1.93. The predicted octanol–water partition coefficient (Wildman–Crippen LogP) is -0.991. The van der Waals surface area contributed by atoms with E-state index in [4.69, 9.17) is 4.74 Å². The number of likely N-dealkylation sites (N-methyl/N-ethyl adjacent to an activating group) is 1. The van der Waals surface area contributed by atoms with Crippen molar-refractivity contribution in [3.63, 3.8) is 0 Å². The van der Waals surface area contributed by atoms with E-state index in [1.54, 1.807) is 26.4 Å². The van der Waals surface area contributed by atoms with Crippen molar-refractivity contribution < 1.29 is 9.53 Å². The van der Waals surface area contributed by atoms with Crippen LogP contribution in [-0.4, -0.2) is 55.7 Å². The summed E-state index contributed by atoms with van der Waals surface area (Å²) in [5.74, 6) is 0.965. The van der Waals surface area contributed by atoms with Gasteiger partial charge >= 0.3 is 0 Å². The molecule has 0 aromatic carbocycles. The van der Waals surface area contributed by atoms with Gasteiger partial charge in [0.05, 0.1) is 7.11 Å². The maximum Gasteiger partial charge on any atom is 0.243 e. The van der Waals surface area contributed by atoms with Crippen molar-refractivity contribution >= 4 is 11.9 Å². The van der Waals surface area contributed by atoms with Gasteiger partial charge in [0.1, 0.15) is 6.04 Å². The number of rotatable bonds is 3. The number of ether oxygens (including phenoxy) is 1. The Hall–Kier alpha value is -1.89. The maximum absolute atomic E-state index is 11.8. The molecule has 7 heteroatoms. The highest BCUT2D eigenvalue weighted by molar-refractivity contribution is 5.85. The van der Waals surface area contributed by atoms with Gasteiger partial charge in [-0.25, -0.2) is 4.98 Å². The number of nitrogens with zero attached hydrogens (tertiary/aromatic N) is 3. The summed E-state index contributed by atoms with van der Waals surface area (Å²) in [5.41, 5.74) is 0. The third kappa shape index (κ3) is 2.51. The third-order valence-electron chi connectivity index (χ3n) is 2.88. The van der Waals surface area contributed by atoms with E-state index in [0.29, 0.717) is 24.9 Å². The van der Waals surface area contributed by atoms with Gasteiger partial charge in [-0.15, -0.1) is 0 Å². The van der Waals surface area contributed by atoms with Crippen molar-refractivity contribution in [1.82, 2.24) is 20.6 Å². The summed E-state index contributed by atoms with van der Waals surface area (Å²) in [4.78, 5) is 22.2. The smallest absolute Gasteiger partial charge is 0.243 e. The highest BCUT2D eigenvalue weighted by Gasteiger charge is 2.29. The molecular weight excluding hydrogens is 234 g/mol. The molecule has 1 amide bonds. The lowest BCUT2D eigenvalue weighted by atomic mass is 10.2. The molecule has 1 unspecified atom stereocenters. The highest BCUT2D eigenvalue weighted by atomic mass is 16.5. The Bertz CT molecular complexity index is 426. The van der Waals surface area contributed by atoms with Gasteiger partial charge in [0.25, 0.3) is 0 Å². The minimum atomic E-state index is -0.296. The van der Waals surface area contributed by atoms with E-state index in [-0.39, 0.29) is 11.9 Å². The predicted molar refractivity (Wildman–Crippen MR) is 66.7 cm³/mol. The zero-order valence-corrected chi connectivity index (χ0v) is 10.5. The van der Waals surface area contributed by atoms with Crippen molar-refractivity contribution in [2.75, 3.05) is 38.7 Å². The molecule has 0 bridgehead atoms. The molecule has 1 saturated heterocycles. The number of hydrogen-bond donors (Lipinski definition) is 2. The summed E-state index contributed by atoms with van der Waals surface area (Å²) in [6.07, 6.45) is 1.63. The van der Waals surface area contributed by atoms with E-state index in [1.165, 1.54) is 0 Å². The van der Waals surface area contributed by atoms with Crippen LogP contribution in [0.5, 0.6) is 5.88 Å². The topological polar surface area (TPSA) is 79.4 Å². The molecule has 1 aliphatic heterocycles. The second-order valence-corrected chi connectivity index (χ2v) is 3.93. The Balaban J connectivity index is 2.24. The van der Waals surface area contributed by atoms with Crippen LogP contribution < -0.4 is 20.3 Å². The van der Waals surface area contributed by atoms with Crippen LogP contribution >= 0.6 is 0 Å². The van der Waals surface area contributed by atoms with Crippen molar-refractivity contribution in [2.45, 2.75) is 6.04 Å². The molecule has 2 heterocycles. The molecule has 1 aromatic heterocycles. The third-order valence-corrected chi connectivity index (χ3v) is 2.88. The molecule has 0 aliphatic carbocycles. The number of carbonyl (C=O) groups is 1. The molecule has 0 spiro atoms. The first kappa shape index (κ1) is 12.6. The SMILES string of the molecule is CNC(=O)C1CNCCN1c1nccc(OC)n1. The molecule has 7 nitrogen and oxygen atoms in total. The van der Waals surface area contributed by atoms with E-state index in [1.807, 2.05) is 4.90 Å². The first-order valence-electron chi connectivity index (χ1n) is 5.82. The largest absolute Gasteiger partial charge is 0.481 e. The number of piperazine rings is 1. The first-order valence-corrected chi connectivity index (χ1v) is 5.82. The quantitative estimate of drug-likeness (QED) is 0.718. The highest BCUT2D eigenvalue weighted by Crippen LogP contribution is 2.16. The van der Waals surface area contributed by atoms with Crippen LogP contribution in [0.25, 0.3) is 0 Å². The Kier molecular flexibility index (Phi) is 3.93. The molecular formula is C11H17N5O2. The van der Waals surface area contributed by atoms with Gasteiger partial charge in [-0.1, -0.05) is 0 Å². The second kappa shape index (κ2) is 5.63. The van der Waals surface area contributed by atoms with Gasteiger partial charge in [0, 0.05) is 38.9 Å². The number of hydrogen-bond acceptors (Lipinski definition) is 6. The van der Waals surface area contributed by atoms with E-state index in [2.05, 4.69) is 20.6 Å². The lowest BCUT2D eigenvalue weighted by Gasteiger charge is -2.34. The Labute approximate surface area is 106 Å². The monoisotopic (exact) mass is 251 g/mol. The average molecular weight is 251 g/mol. The van der Waals surface area contributed by atoms with E-state index < -0.39 is 0 Å². The summed E-state index contributed by atoms with van der Waals surface area (Å²) >= 11 is 0. The number of methoxy groups -OCH3 is 1. The number of amides is 1. The molecule has 98 valence electrons. The van der Waals surface area contributed by atoms with Crippen molar-refractivity contribution in [3.05, 3.63) is 12.3 Å². The molecule has 0 radical (unpaired) electrons. The van der Waals surface area contributed by atoms with Crippen LogP contribution in [0.4, 0.5) is 5.95 Å². The van der Waals surface area contributed by atoms with Gasteiger partial charge < -0.3 is 20.3 Å². The maximum atomic E-state index is 11.8. The van der Waals surface area contributed by atoms with E-state index in [0.717, 1.165) is 6.54 Å². The summed E-state index contributed by atoms with van der Waals surface area (Å²) in [5, 5.41) is 5.84. The van der Waals surface area contributed by atoms with Crippen LogP contribution in [0.15, 0.2) is 12.3 Å². The number of carbonyl (C=O) groups excluding carboxylic acids is 1. The Morgan fingerprint density at radius 1 is 1.67 bits per heavy atom. The number of aromatic nitrogens is 2. The first-order chi connectivity index (χ1) is 8.76. The standard InChI is InChI=1S/C11H17N5O2/c1-12-10(17)8-7-13-5-6-16(8)11-14-4-3-9(15-11)18-2/h3-4,8,13H,5-7H2,1-2H3,(H,12,17). The van der Waals surface area contributed by atoms with E-state index >= 15 is 0 Å². The van der Waals surface area contributed by atoms with Crippen molar-refractivity contribution in [2.24, 2.45) is 0 Å². The molecule has 18 heavy (non-hydrogen) atoms. The zero-order valence-electron chi connectivity index (χ0n) is 10.5. The van der Waals surface area contributed by atoms with Crippen LogP contribution in [0.2, 0.25) is 0 Å². The fraction of sp³-hybridized carbons (Fsp3) is 0.545. The van der Waals surface area contributed by atoms with E-state index in [9.17, 15) is 4.79 Å². The minimum absolute atomic E-state index is 0.0476. The molecule has 1 fully saturated rings. The second-order valence-electron chi connectivity index (χ2n) is 3.93. The lowest BCUT2D eigenvalue weighted by Crippen LogP contribution is -2.58. The summed E-state index contributed by atoms with van der Waals surface area (Å²) in [7, 11) is 3.18. The normalized spacial score (nSPS) is 19.4. The van der Waals surface area contributed by atoms with Gasteiger partial charge in [0.15, 0.2) is 0 Å². The van der Waals surface area contributed by atoms with Gasteiger partial charge in [0.2, 0.25) is 17.7 Å². The molecule has 2 N–H and O–H groups in total. The zero-order chi connectivity index (χ0) is 13.0. The Morgan fingerprint density at radius 2 is 2.50 bits per heavy atom. The summed E-state index contributed by atoms with van der Waals surface area (Å²) in [6.45, 7) is 2.07. The fourth-order valence-corrected chi connectivity index (χ4v) is 1.93. The minimum Gasteiger partial charge on any atom is -0.481 e. The summed E-state index contributed by atoms with van der Waals surface area (Å²) < 4.78 is 5.07. The van der Waals surface area contributed by atoms with Gasteiger partial charge in [-0.2, -0.15) is 4.98 Å². The van der Waals surface area contributed by atoms with Gasteiger partial charge in [-0.05, 0) is 0 Å². The average Bonchev–Trinajstić information content (AvgIpc) is 2.46. The molecule has 2 rings (SSSR count). The van der Waals surface area contributed by atoms with Crippen LogP contribution in [0.3, 0.4) is 0 Å². The Morgan fingerprint density at radius 3 is 3.22 bits per heavy atom. The molecule has 1 aliphatic rings. The van der Waals surface area contributed by atoms with Crippen LogP contribution in [0, 0.1) is 0 Å². The molecule has 1 atom stereocenters. The van der Waals surface area contributed by atoms with Gasteiger partial charge in [-0.3, -0.25) is 4.79 Å². The van der Waals surface area contributed by atoms with Crippen molar-refractivity contribution in [3.8, 4) is 5.88 Å². The molecule has 0 saturated carbocycles. The molecule has 1 aromatic rings. The van der Waals surface area contributed by atoms with Crippen LogP contribution in [0.1, 0.15) is 0 Å². The summed E-state index contributed by atoms with van der Waals surface area (Å²) in [6, 6.07) is 1.39. The number of anilines is 1. The van der Waals surface area contributed by atoms with Crippen LogP contribution in [-0.2, 0) is 4.79 Å². The number of nitrogens with one attached hydrogen (secondary N) is 2. The lowest BCUT2D eigenvalue weighted by molar-refractivity contribution is -0.122. The van der Waals surface area contributed by atoms with Crippen molar-refractivity contribution in [1.29, 1.82) is 0 Å².